The zero-order chi connectivity index (χ0) is 23.5. The van der Waals surface area contributed by atoms with Crippen LogP contribution in [0.1, 0.15) is 32.8 Å². The highest BCUT2D eigenvalue weighted by atomic mass is 79.9. The van der Waals surface area contributed by atoms with Crippen LogP contribution in [0.25, 0.3) is 6.08 Å². The molecule has 0 radical (unpaired) electrons. The molecule has 0 aliphatic carbocycles. The smallest absolute Gasteiger partial charge is 0.280 e. The van der Waals surface area contributed by atoms with Crippen molar-refractivity contribution in [3.63, 3.8) is 0 Å². The van der Waals surface area contributed by atoms with Crippen molar-refractivity contribution in [2.24, 2.45) is 10.2 Å². The molecule has 2 aromatic rings. The van der Waals surface area contributed by atoms with E-state index in [2.05, 4.69) is 21.0 Å². The Morgan fingerprint density at radius 3 is 2.44 bits per heavy atom. The number of hydrogen-bond acceptors (Lipinski definition) is 6. The zero-order valence-corrected chi connectivity index (χ0v) is 20.4. The summed E-state index contributed by atoms with van der Waals surface area (Å²) in [7, 11) is -3.82. The molecule has 1 aliphatic heterocycles. The summed E-state index contributed by atoms with van der Waals surface area (Å²) in [4.78, 5) is 13.0. The molecule has 8 nitrogen and oxygen atoms in total. The van der Waals surface area contributed by atoms with E-state index >= 15 is 0 Å². The van der Waals surface area contributed by atoms with Crippen molar-refractivity contribution < 1.29 is 22.7 Å². The van der Waals surface area contributed by atoms with E-state index in [0.717, 1.165) is 16.5 Å². The second-order valence-corrected chi connectivity index (χ2v) is 9.43. The standard InChI is InChI=1S/C22H24BrN3O5S/c1-4-10-31-21-19(23)12-15(13-20(21)30-5-2)11-18-14(3)25-26(22(18)27)16-6-8-17(9-7-16)32(24,28)29/h6-9,11-13H,4-5,10H2,1-3H3,(H2,24,28,29)/b18-11-. The second-order valence-electron chi connectivity index (χ2n) is 7.01. The molecule has 32 heavy (non-hydrogen) atoms. The van der Waals surface area contributed by atoms with Gasteiger partial charge in [0.25, 0.3) is 5.91 Å². The van der Waals surface area contributed by atoms with E-state index in [1.807, 2.05) is 26.0 Å². The maximum absolute atomic E-state index is 13.0. The molecular formula is C22H24BrN3O5S. The maximum Gasteiger partial charge on any atom is 0.280 e. The molecule has 3 rings (SSSR count). The lowest BCUT2D eigenvalue weighted by molar-refractivity contribution is -0.114. The number of ether oxygens (including phenoxy) is 2. The summed E-state index contributed by atoms with van der Waals surface area (Å²) < 4.78 is 35.2. The molecule has 2 aromatic carbocycles. The molecule has 1 amide bonds. The van der Waals surface area contributed by atoms with Gasteiger partial charge < -0.3 is 9.47 Å². The van der Waals surface area contributed by atoms with Crippen molar-refractivity contribution in [3.8, 4) is 11.5 Å². The van der Waals surface area contributed by atoms with Gasteiger partial charge in [-0.15, -0.1) is 0 Å². The van der Waals surface area contributed by atoms with Gasteiger partial charge >= 0.3 is 0 Å². The van der Waals surface area contributed by atoms with E-state index in [1.165, 1.54) is 29.3 Å². The Morgan fingerprint density at radius 2 is 1.84 bits per heavy atom. The lowest BCUT2D eigenvalue weighted by Gasteiger charge is -2.14. The van der Waals surface area contributed by atoms with Gasteiger partial charge in [-0.05, 0) is 84.2 Å². The van der Waals surface area contributed by atoms with Crippen LogP contribution in [0, 0.1) is 0 Å². The minimum atomic E-state index is -3.82. The van der Waals surface area contributed by atoms with E-state index in [-0.39, 0.29) is 10.8 Å². The Morgan fingerprint density at radius 1 is 1.16 bits per heavy atom. The predicted molar refractivity (Wildman–Crippen MR) is 127 cm³/mol. The fourth-order valence-electron chi connectivity index (χ4n) is 3.08. The quantitative estimate of drug-likeness (QED) is 0.525. The first kappa shape index (κ1) is 24.0. The summed E-state index contributed by atoms with van der Waals surface area (Å²) in [5.74, 6) is 0.874. The van der Waals surface area contributed by atoms with Crippen molar-refractivity contribution in [1.82, 2.24) is 0 Å². The van der Waals surface area contributed by atoms with Gasteiger partial charge in [0, 0.05) is 0 Å². The number of sulfonamides is 1. The Hall–Kier alpha value is -2.69. The molecule has 0 unspecified atom stereocenters. The van der Waals surface area contributed by atoms with E-state index in [1.54, 1.807) is 13.0 Å². The Balaban J connectivity index is 1.93. The monoisotopic (exact) mass is 521 g/mol. The van der Waals surface area contributed by atoms with Crippen LogP contribution in [0.15, 0.2) is 56.4 Å². The normalized spacial score (nSPS) is 15.3. The van der Waals surface area contributed by atoms with E-state index < -0.39 is 10.0 Å². The van der Waals surface area contributed by atoms with E-state index in [0.29, 0.717) is 41.7 Å². The Labute approximate surface area is 195 Å². The van der Waals surface area contributed by atoms with Crippen LogP contribution in [-0.4, -0.2) is 33.3 Å². The van der Waals surface area contributed by atoms with Crippen LogP contribution in [0.3, 0.4) is 0 Å². The van der Waals surface area contributed by atoms with Crippen molar-refractivity contribution in [2.45, 2.75) is 32.1 Å². The van der Waals surface area contributed by atoms with Crippen LogP contribution < -0.4 is 19.6 Å². The predicted octanol–water partition coefficient (Wildman–Crippen LogP) is 4.09. The van der Waals surface area contributed by atoms with Gasteiger partial charge in [0.15, 0.2) is 11.5 Å². The van der Waals surface area contributed by atoms with Crippen molar-refractivity contribution in [2.75, 3.05) is 18.2 Å². The number of benzene rings is 2. The van der Waals surface area contributed by atoms with Crippen LogP contribution in [0.4, 0.5) is 5.69 Å². The molecule has 0 atom stereocenters. The number of hydrazone groups is 1. The van der Waals surface area contributed by atoms with E-state index in [4.69, 9.17) is 14.6 Å². The van der Waals surface area contributed by atoms with Gasteiger partial charge in [0.2, 0.25) is 10.0 Å². The fourth-order valence-corrected chi connectivity index (χ4v) is 4.17. The summed E-state index contributed by atoms with van der Waals surface area (Å²) in [5, 5.41) is 10.7. The number of nitrogens with zero attached hydrogens (tertiary/aromatic N) is 2. The van der Waals surface area contributed by atoms with Crippen molar-refractivity contribution >= 4 is 49.3 Å². The summed E-state index contributed by atoms with van der Waals surface area (Å²) in [6.45, 7) is 6.67. The largest absolute Gasteiger partial charge is 0.490 e. The highest BCUT2D eigenvalue weighted by molar-refractivity contribution is 9.10. The minimum Gasteiger partial charge on any atom is -0.490 e. The van der Waals surface area contributed by atoms with Gasteiger partial charge in [-0.25, -0.2) is 13.6 Å². The first-order valence-corrected chi connectivity index (χ1v) is 12.3. The number of primary sulfonamides is 1. The number of hydrogen-bond donors (Lipinski definition) is 1. The molecule has 0 spiro atoms. The Kier molecular flexibility index (Phi) is 7.37. The van der Waals surface area contributed by atoms with Gasteiger partial charge in [-0.1, -0.05) is 6.92 Å². The molecule has 2 N–H and O–H groups in total. The summed E-state index contributed by atoms with van der Waals surface area (Å²) in [6.07, 6.45) is 2.60. The topological polar surface area (TPSA) is 111 Å². The van der Waals surface area contributed by atoms with Gasteiger partial charge in [-0.2, -0.15) is 10.1 Å². The van der Waals surface area contributed by atoms with Crippen LogP contribution >= 0.6 is 15.9 Å². The lowest BCUT2D eigenvalue weighted by atomic mass is 10.1. The highest BCUT2D eigenvalue weighted by Crippen LogP contribution is 2.38. The average Bonchev–Trinajstić information content (AvgIpc) is 3.01. The van der Waals surface area contributed by atoms with Gasteiger partial charge in [0.05, 0.1) is 39.6 Å². The third-order valence-corrected chi connectivity index (χ3v) is 6.08. The molecule has 1 aliphatic rings. The Bertz CT molecular complexity index is 1190. The average molecular weight is 522 g/mol. The van der Waals surface area contributed by atoms with E-state index in [9.17, 15) is 13.2 Å². The third-order valence-electron chi connectivity index (χ3n) is 4.57. The van der Waals surface area contributed by atoms with Crippen molar-refractivity contribution in [3.05, 3.63) is 52.0 Å². The molecule has 1 heterocycles. The first-order chi connectivity index (χ1) is 15.2. The second kappa shape index (κ2) is 9.85. The molecular weight excluding hydrogens is 498 g/mol. The molecule has 0 aromatic heterocycles. The fraction of sp³-hybridized carbons (Fsp3) is 0.273. The minimum absolute atomic E-state index is 0.0388. The van der Waals surface area contributed by atoms with Gasteiger partial charge in [-0.3, -0.25) is 4.79 Å². The van der Waals surface area contributed by atoms with Gasteiger partial charge in [0.1, 0.15) is 0 Å². The summed E-state index contributed by atoms with van der Waals surface area (Å²) in [5.41, 5.74) is 2.13. The number of carbonyl (C=O) groups is 1. The zero-order valence-electron chi connectivity index (χ0n) is 18.0. The molecule has 0 fully saturated rings. The third kappa shape index (κ3) is 5.20. The molecule has 0 saturated heterocycles. The number of carbonyl (C=O) groups excluding carboxylic acids is 1. The number of amides is 1. The van der Waals surface area contributed by atoms with Crippen LogP contribution in [0.5, 0.6) is 11.5 Å². The number of anilines is 1. The maximum atomic E-state index is 13.0. The molecule has 170 valence electrons. The number of halogens is 1. The van der Waals surface area contributed by atoms with Crippen LogP contribution in [0.2, 0.25) is 0 Å². The number of rotatable bonds is 8. The summed E-state index contributed by atoms with van der Waals surface area (Å²) >= 11 is 3.53. The summed E-state index contributed by atoms with van der Waals surface area (Å²) in [6, 6.07) is 9.32. The molecule has 10 heteroatoms. The SMILES string of the molecule is CCCOc1c(Br)cc(/C=C2\C(=O)N(c3ccc(S(N)(=O)=O)cc3)N=C2C)cc1OCC. The highest BCUT2D eigenvalue weighted by Gasteiger charge is 2.29. The molecule has 0 bridgehead atoms. The van der Waals surface area contributed by atoms with Crippen LogP contribution in [-0.2, 0) is 14.8 Å². The first-order valence-electron chi connectivity index (χ1n) is 9.99. The van der Waals surface area contributed by atoms with Crippen molar-refractivity contribution in [1.29, 1.82) is 0 Å². The lowest BCUT2D eigenvalue weighted by Crippen LogP contribution is -2.21. The molecule has 0 saturated carbocycles. The number of nitrogens with two attached hydrogens (primary N) is 1.